The van der Waals surface area contributed by atoms with Gasteiger partial charge in [0.05, 0.1) is 15.1 Å². The Balaban J connectivity index is 2.01. The zero-order chi connectivity index (χ0) is 21.9. The van der Waals surface area contributed by atoms with Crippen LogP contribution in [0, 0.1) is 13.8 Å². The number of carbonyl (C=O) groups excluding carboxylic acids is 1. The number of benzene rings is 3. The molecule has 0 radical (unpaired) electrons. The molecular formula is C22H19BrClNO4S. The van der Waals surface area contributed by atoms with Crippen LogP contribution in [-0.4, -0.2) is 20.9 Å². The summed E-state index contributed by atoms with van der Waals surface area (Å²) in [7, 11) is -4.14. The molecule has 3 rings (SSSR count). The van der Waals surface area contributed by atoms with Gasteiger partial charge in [-0.3, -0.25) is 4.79 Å². The Bertz CT molecular complexity index is 1180. The van der Waals surface area contributed by atoms with Crippen LogP contribution in [0.1, 0.15) is 11.1 Å². The summed E-state index contributed by atoms with van der Waals surface area (Å²) in [6.07, 6.45) is 0. The summed E-state index contributed by atoms with van der Waals surface area (Å²) in [6.45, 7) is 3.12. The molecule has 0 spiro atoms. The number of anilines is 1. The molecule has 156 valence electrons. The first-order chi connectivity index (χ1) is 14.2. The number of hydrogen-bond donors (Lipinski definition) is 0. The average Bonchev–Trinajstić information content (AvgIpc) is 2.70. The molecule has 0 saturated heterocycles. The Morgan fingerprint density at radius 1 is 1.03 bits per heavy atom. The fourth-order valence-corrected chi connectivity index (χ4v) is 5.11. The minimum absolute atomic E-state index is 0.0203. The van der Waals surface area contributed by atoms with Crippen LogP contribution in [0.4, 0.5) is 5.69 Å². The molecule has 1 amide bonds. The third kappa shape index (κ3) is 4.86. The smallest absolute Gasteiger partial charge is 0.278 e. The fraction of sp³-hybridized carbons (Fsp3) is 0.136. The molecule has 0 fully saturated rings. The molecule has 0 aromatic heterocycles. The third-order valence-corrected chi connectivity index (χ3v) is 6.94. The van der Waals surface area contributed by atoms with Gasteiger partial charge in [-0.2, -0.15) is 4.31 Å². The Hall–Kier alpha value is -2.35. The molecule has 0 aliphatic carbocycles. The summed E-state index contributed by atoms with van der Waals surface area (Å²) in [5.41, 5.74) is 1.78. The Kier molecular flexibility index (Phi) is 6.85. The van der Waals surface area contributed by atoms with E-state index in [0.29, 0.717) is 26.5 Å². The van der Waals surface area contributed by atoms with E-state index in [9.17, 15) is 13.2 Å². The zero-order valence-electron chi connectivity index (χ0n) is 16.3. The molecule has 8 heteroatoms. The lowest BCUT2D eigenvalue weighted by molar-refractivity contribution is -0.119. The highest BCUT2D eigenvalue weighted by Crippen LogP contribution is 2.30. The van der Waals surface area contributed by atoms with Crippen molar-refractivity contribution in [2.45, 2.75) is 18.7 Å². The van der Waals surface area contributed by atoms with Crippen molar-refractivity contribution in [3.63, 3.8) is 0 Å². The molecular weight excluding hydrogens is 490 g/mol. The van der Waals surface area contributed by atoms with E-state index in [0.717, 1.165) is 9.87 Å². The standard InChI is InChI=1S/C22H19BrClNO4S/c1-15-8-9-16(2)20(12-15)25(30(27,28)18-6-4-3-5-7-18)22(26)14-29-21-11-10-17(24)13-19(21)23/h3-13H,14H2,1-2H3. The van der Waals surface area contributed by atoms with E-state index in [-0.39, 0.29) is 4.90 Å². The SMILES string of the molecule is Cc1ccc(C)c(N(C(=O)COc2ccc(Cl)cc2Br)S(=O)(=O)c2ccccc2)c1. The van der Waals surface area contributed by atoms with E-state index in [1.807, 2.05) is 13.0 Å². The predicted molar refractivity (Wildman–Crippen MR) is 122 cm³/mol. The first-order valence-electron chi connectivity index (χ1n) is 8.98. The van der Waals surface area contributed by atoms with Gasteiger partial charge >= 0.3 is 0 Å². The molecule has 0 N–H and O–H groups in total. The first kappa shape index (κ1) is 22.3. The molecule has 0 bridgehead atoms. The van der Waals surface area contributed by atoms with E-state index in [1.165, 1.54) is 12.1 Å². The highest BCUT2D eigenvalue weighted by Gasteiger charge is 2.32. The van der Waals surface area contributed by atoms with E-state index < -0.39 is 22.5 Å². The van der Waals surface area contributed by atoms with Crippen LogP contribution in [0.2, 0.25) is 5.02 Å². The molecule has 0 aliphatic heterocycles. The van der Waals surface area contributed by atoms with E-state index >= 15 is 0 Å². The second-order valence-electron chi connectivity index (χ2n) is 6.63. The van der Waals surface area contributed by atoms with Crippen molar-refractivity contribution in [2.75, 3.05) is 10.9 Å². The summed E-state index contributed by atoms with van der Waals surface area (Å²) in [4.78, 5) is 13.2. The summed E-state index contributed by atoms with van der Waals surface area (Å²) >= 11 is 9.25. The van der Waals surface area contributed by atoms with Gasteiger partial charge in [0.2, 0.25) is 0 Å². The maximum absolute atomic E-state index is 13.4. The lowest BCUT2D eigenvalue weighted by Crippen LogP contribution is -2.40. The number of sulfonamides is 1. The molecule has 0 unspecified atom stereocenters. The van der Waals surface area contributed by atoms with Crippen molar-refractivity contribution in [1.29, 1.82) is 0 Å². The van der Waals surface area contributed by atoms with Gasteiger partial charge in [-0.25, -0.2) is 8.42 Å². The highest BCUT2D eigenvalue weighted by atomic mass is 79.9. The van der Waals surface area contributed by atoms with Gasteiger partial charge in [-0.05, 0) is 77.3 Å². The van der Waals surface area contributed by atoms with Gasteiger partial charge in [0.15, 0.2) is 6.61 Å². The van der Waals surface area contributed by atoms with Crippen molar-refractivity contribution in [3.8, 4) is 5.75 Å². The Labute approximate surface area is 189 Å². The summed E-state index contributed by atoms with van der Waals surface area (Å²) in [5.74, 6) is -0.333. The van der Waals surface area contributed by atoms with E-state index in [2.05, 4.69) is 15.9 Å². The van der Waals surface area contributed by atoms with Gasteiger partial charge in [-0.1, -0.05) is 41.9 Å². The van der Waals surface area contributed by atoms with Crippen LogP contribution >= 0.6 is 27.5 Å². The molecule has 0 saturated carbocycles. The number of halogens is 2. The minimum atomic E-state index is -4.14. The number of aryl methyl sites for hydroxylation is 2. The summed E-state index contributed by atoms with van der Waals surface area (Å²) < 4.78 is 33.7. The maximum atomic E-state index is 13.4. The van der Waals surface area contributed by atoms with Gasteiger partial charge in [0.25, 0.3) is 15.9 Å². The van der Waals surface area contributed by atoms with Crippen LogP contribution in [0.25, 0.3) is 0 Å². The summed E-state index contributed by atoms with van der Waals surface area (Å²) in [6, 6.07) is 18.0. The van der Waals surface area contributed by atoms with E-state index in [1.54, 1.807) is 55.5 Å². The molecule has 0 aliphatic rings. The Morgan fingerprint density at radius 3 is 2.40 bits per heavy atom. The number of nitrogens with zero attached hydrogens (tertiary/aromatic N) is 1. The number of carbonyl (C=O) groups is 1. The number of rotatable bonds is 6. The second-order valence-corrected chi connectivity index (χ2v) is 9.71. The molecule has 5 nitrogen and oxygen atoms in total. The summed E-state index contributed by atoms with van der Waals surface area (Å²) in [5, 5.41) is 0.504. The van der Waals surface area contributed by atoms with Gasteiger partial charge in [-0.15, -0.1) is 0 Å². The van der Waals surface area contributed by atoms with Gasteiger partial charge in [0.1, 0.15) is 5.75 Å². The topological polar surface area (TPSA) is 63.7 Å². The van der Waals surface area contributed by atoms with Crippen LogP contribution in [0.15, 0.2) is 76.1 Å². The number of amides is 1. The molecule has 0 atom stereocenters. The molecule has 0 heterocycles. The average molecular weight is 509 g/mol. The predicted octanol–water partition coefficient (Wildman–Crippen LogP) is 5.52. The normalized spacial score (nSPS) is 11.2. The van der Waals surface area contributed by atoms with Crippen molar-refractivity contribution >= 4 is 49.1 Å². The molecule has 30 heavy (non-hydrogen) atoms. The van der Waals surface area contributed by atoms with Crippen molar-refractivity contribution in [1.82, 2.24) is 0 Å². The van der Waals surface area contributed by atoms with Crippen LogP contribution in [0.3, 0.4) is 0 Å². The Morgan fingerprint density at radius 2 is 1.73 bits per heavy atom. The van der Waals surface area contributed by atoms with Crippen molar-refractivity contribution < 1.29 is 17.9 Å². The largest absolute Gasteiger partial charge is 0.483 e. The maximum Gasteiger partial charge on any atom is 0.278 e. The second kappa shape index (κ2) is 9.20. The minimum Gasteiger partial charge on any atom is -0.483 e. The van der Waals surface area contributed by atoms with Crippen molar-refractivity contribution in [2.24, 2.45) is 0 Å². The van der Waals surface area contributed by atoms with Crippen LogP contribution in [-0.2, 0) is 14.8 Å². The number of ether oxygens (including phenoxy) is 1. The van der Waals surface area contributed by atoms with Gasteiger partial charge < -0.3 is 4.74 Å². The van der Waals surface area contributed by atoms with E-state index in [4.69, 9.17) is 16.3 Å². The monoisotopic (exact) mass is 507 g/mol. The number of hydrogen-bond acceptors (Lipinski definition) is 4. The lowest BCUT2D eigenvalue weighted by Gasteiger charge is -2.25. The van der Waals surface area contributed by atoms with Crippen LogP contribution in [0.5, 0.6) is 5.75 Å². The van der Waals surface area contributed by atoms with Crippen LogP contribution < -0.4 is 9.04 Å². The fourth-order valence-electron chi connectivity index (χ4n) is 2.82. The lowest BCUT2D eigenvalue weighted by atomic mass is 10.1. The zero-order valence-corrected chi connectivity index (χ0v) is 19.5. The quantitative estimate of drug-likeness (QED) is 0.440. The molecule has 3 aromatic rings. The third-order valence-electron chi connectivity index (χ3n) is 4.34. The van der Waals surface area contributed by atoms with Crippen molar-refractivity contribution in [3.05, 3.63) is 87.4 Å². The highest BCUT2D eigenvalue weighted by molar-refractivity contribution is 9.10. The van der Waals surface area contributed by atoms with Gasteiger partial charge in [0, 0.05) is 5.02 Å². The molecule has 3 aromatic carbocycles. The first-order valence-corrected chi connectivity index (χ1v) is 11.6.